The molecule has 0 aliphatic carbocycles. The second-order valence-electron chi connectivity index (χ2n) is 5.36. The molecular weight excluding hydrogens is 370 g/mol. The van der Waals surface area contributed by atoms with Crippen LogP contribution in [0.3, 0.4) is 0 Å². The smallest absolute Gasteiger partial charge is 0.234 e. The van der Waals surface area contributed by atoms with Crippen LogP contribution in [0.2, 0.25) is 0 Å². The molecule has 0 bridgehead atoms. The van der Waals surface area contributed by atoms with E-state index >= 15 is 0 Å². The maximum Gasteiger partial charge on any atom is 0.234 e. The number of anilines is 1. The van der Waals surface area contributed by atoms with E-state index in [1.54, 1.807) is 36.7 Å². The first-order valence-electron chi connectivity index (χ1n) is 7.76. The molecule has 0 aliphatic heterocycles. The molecule has 5 nitrogen and oxygen atoms in total. The number of hydrogen-bond donors (Lipinski definition) is 1. The lowest BCUT2D eigenvalue weighted by atomic mass is 10.1. The third-order valence-corrected chi connectivity index (χ3v) is 4.49. The van der Waals surface area contributed by atoms with Crippen molar-refractivity contribution in [3.63, 3.8) is 0 Å². The molecule has 134 valence electrons. The van der Waals surface area contributed by atoms with E-state index in [0.29, 0.717) is 16.3 Å². The number of nitrogens with one attached hydrogen (secondary N) is 1. The maximum atomic E-state index is 13.2. The summed E-state index contributed by atoms with van der Waals surface area (Å²) in [5.74, 6) is -2.50. The number of carbonyl (C=O) groups excluding carboxylic acids is 1. The summed E-state index contributed by atoms with van der Waals surface area (Å²) < 4.78 is 26.1. The van der Waals surface area contributed by atoms with Crippen molar-refractivity contribution in [3.8, 4) is 17.3 Å². The second-order valence-corrected chi connectivity index (χ2v) is 6.33. The molecule has 1 aromatic carbocycles. The Morgan fingerprint density at radius 2 is 1.89 bits per heavy atom. The first-order valence-corrected chi connectivity index (χ1v) is 8.74. The number of amides is 1. The number of nitriles is 1. The van der Waals surface area contributed by atoms with Gasteiger partial charge in [0.25, 0.3) is 0 Å². The van der Waals surface area contributed by atoms with Crippen LogP contribution in [0.5, 0.6) is 0 Å². The van der Waals surface area contributed by atoms with Gasteiger partial charge in [-0.1, -0.05) is 11.8 Å². The highest BCUT2D eigenvalue weighted by Crippen LogP contribution is 2.25. The predicted octanol–water partition coefficient (Wildman–Crippen LogP) is 4.02. The Hall–Kier alpha value is -3.31. The quantitative estimate of drug-likeness (QED) is 0.674. The lowest BCUT2D eigenvalue weighted by Gasteiger charge is -2.08. The van der Waals surface area contributed by atoms with Gasteiger partial charge in [0.05, 0.1) is 17.0 Å². The number of rotatable bonds is 5. The third-order valence-electron chi connectivity index (χ3n) is 3.50. The molecule has 0 fully saturated rings. The van der Waals surface area contributed by atoms with E-state index in [2.05, 4.69) is 15.3 Å². The lowest BCUT2D eigenvalue weighted by Crippen LogP contribution is -2.14. The largest absolute Gasteiger partial charge is 0.325 e. The van der Waals surface area contributed by atoms with Crippen LogP contribution in [0.4, 0.5) is 14.5 Å². The Labute approximate surface area is 158 Å². The number of thioether (sulfide) groups is 1. The zero-order chi connectivity index (χ0) is 19.2. The highest BCUT2D eigenvalue weighted by Gasteiger charge is 2.12. The molecule has 0 atom stereocenters. The van der Waals surface area contributed by atoms with Gasteiger partial charge < -0.3 is 5.32 Å². The fourth-order valence-corrected chi connectivity index (χ4v) is 3.00. The van der Waals surface area contributed by atoms with Gasteiger partial charge >= 0.3 is 0 Å². The van der Waals surface area contributed by atoms with Crippen molar-refractivity contribution in [1.82, 2.24) is 9.97 Å². The average molecular weight is 382 g/mol. The van der Waals surface area contributed by atoms with Crippen LogP contribution in [0.15, 0.2) is 59.9 Å². The van der Waals surface area contributed by atoms with Crippen molar-refractivity contribution < 1.29 is 13.6 Å². The topological polar surface area (TPSA) is 78.7 Å². The first kappa shape index (κ1) is 18.5. The van der Waals surface area contributed by atoms with Gasteiger partial charge in [-0.15, -0.1) is 0 Å². The van der Waals surface area contributed by atoms with Gasteiger partial charge in [-0.05, 0) is 36.4 Å². The average Bonchev–Trinajstić information content (AvgIpc) is 2.69. The van der Waals surface area contributed by atoms with Crippen LogP contribution in [0.25, 0.3) is 11.3 Å². The summed E-state index contributed by atoms with van der Waals surface area (Å²) in [6.07, 6.45) is 3.27. The Kier molecular flexibility index (Phi) is 5.74. The fourth-order valence-electron chi connectivity index (χ4n) is 2.22. The van der Waals surface area contributed by atoms with E-state index in [4.69, 9.17) is 0 Å². The molecule has 0 radical (unpaired) electrons. The van der Waals surface area contributed by atoms with E-state index in [9.17, 15) is 18.8 Å². The molecule has 1 N–H and O–H groups in total. The molecule has 0 aliphatic rings. The van der Waals surface area contributed by atoms with E-state index in [1.165, 1.54) is 6.07 Å². The molecule has 8 heteroatoms. The molecule has 3 rings (SSSR count). The molecular formula is C19H12F2N4OS. The number of pyridine rings is 2. The monoisotopic (exact) mass is 382 g/mol. The molecule has 0 saturated carbocycles. The number of carbonyl (C=O) groups is 1. The number of hydrogen-bond acceptors (Lipinski definition) is 5. The lowest BCUT2D eigenvalue weighted by molar-refractivity contribution is -0.113. The van der Waals surface area contributed by atoms with Crippen molar-refractivity contribution in [2.24, 2.45) is 0 Å². The van der Waals surface area contributed by atoms with Crippen molar-refractivity contribution in [3.05, 3.63) is 72.1 Å². The molecule has 2 heterocycles. The SMILES string of the molecule is N#Cc1ccc(-c2ccncc2)nc1SCC(=O)Nc1ccc(F)c(F)c1. The molecule has 27 heavy (non-hydrogen) atoms. The van der Waals surface area contributed by atoms with Crippen molar-refractivity contribution in [2.45, 2.75) is 5.03 Å². The van der Waals surface area contributed by atoms with Gasteiger partial charge in [0.15, 0.2) is 11.6 Å². The number of halogens is 2. The summed E-state index contributed by atoms with van der Waals surface area (Å²) >= 11 is 1.09. The Balaban J connectivity index is 1.72. The van der Waals surface area contributed by atoms with E-state index in [-0.39, 0.29) is 11.4 Å². The highest BCUT2D eigenvalue weighted by atomic mass is 32.2. The molecule has 0 spiro atoms. The number of aromatic nitrogens is 2. The summed E-state index contributed by atoms with van der Waals surface area (Å²) in [7, 11) is 0. The summed E-state index contributed by atoms with van der Waals surface area (Å²) in [5, 5.41) is 12.1. The van der Waals surface area contributed by atoms with Crippen molar-refractivity contribution in [1.29, 1.82) is 5.26 Å². The molecule has 1 amide bonds. The van der Waals surface area contributed by atoms with E-state index in [0.717, 1.165) is 29.5 Å². The minimum absolute atomic E-state index is 0.0412. The normalized spacial score (nSPS) is 10.3. The zero-order valence-electron chi connectivity index (χ0n) is 13.8. The molecule has 0 unspecified atom stereocenters. The minimum atomic E-state index is -1.04. The maximum absolute atomic E-state index is 13.2. The summed E-state index contributed by atoms with van der Waals surface area (Å²) in [6, 6.07) is 12.1. The van der Waals surface area contributed by atoms with Gasteiger partial charge in [-0.25, -0.2) is 13.8 Å². The van der Waals surface area contributed by atoms with Crippen molar-refractivity contribution in [2.75, 3.05) is 11.1 Å². The number of nitrogens with zero attached hydrogens (tertiary/aromatic N) is 3. The molecule has 3 aromatic rings. The standard InChI is InChI=1S/C19H12F2N4OS/c20-15-3-2-14(9-16(15)21)24-18(26)11-27-19-13(10-22)1-4-17(25-19)12-5-7-23-8-6-12/h1-9H,11H2,(H,24,26). The van der Waals surface area contributed by atoms with Gasteiger partial charge in [-0.2, -0.15) is 5.26 Å². The van der Waals surface area contributed by atoms with Gasteiger partial charge in [0, 0.05) is 29.7 Å². The molecule has 0 saturated heterocycles. The van der Waals surface area contributed by atoms with Gasteiger partial charge in [0.2, 0.25) is 5.91 Å². The van der Waals surface area contributed by atoms with Crippen LogP contribution < -0.4 is 5.32 Å². The highest BCUT2D eigenvalue weighted by molar-refractivity contribution is 8.00. The van der Waals surface area contributed by atoms with Crippen LogP contribution >= 0.6 is 11.8 Å². The summed E-state index contributed by atoms with van der Waals surface area (Å²) in [6.45, 7) is 0. The van der Waals surface area contributed by atoms with Crippen LogP contribution in [0, 0.1) is 23.0 Å². The van der Waals surface area contributed by atoms with Gasteiger partial charge in [0.1, 0.15) is 11.1 Å². The van der Waals surface area contributed by atoms with Gasteiger partial charge in [-0.3, -0.25) is 9.78 Å². The van der Waals surface area contributed by atoms with Crippen LogP contribution in [0.1, 0.15) is 5.56 Å². The Morgan fingerprint density at radius 3 is 2.59 bits per heavy atom. The number of benzene rings is 1. The Bertz CT molecular complexity index is 1020. The molecule has 2 aromatic heterocycles. The van der Waals surface area contributed by atoms with Crippen molar-refractivity contribution >= 4 is 23.4 Å². The zero-order valence-corrected chi connectivity index (χ0v) is 14.6. The predicted molar refractivity (Wildman–Crippen MR) is 97.9 cm³/mol. The van der Waals surface area contributed by atoms with E-state index in [1.807, 2.05) is 6.07 Å². The summed E-state index contributed by atoms with van der Waals surface area (Å²) in [5.41, 5.74) is 1.99. The summed E-state index contributed by atoms with van der Waals surface area (Å²) in [4.78, 5) is 20.5. The third kappa shape index (κ3) is 4.65. The van der Waals surface area contributed by atoms with Crippen LogP contribution in [-0.4, -0.2) is 21.6 Å². The van der Waals surface area contributed by atoms with Crippen LogP contribution in [-0.2, 0) is 4.79 Å². The minimum Gasteiger partial charge on any atom is -0.325 e. The Morgan fingerprint density at radius 1 is 1.11 bits per heavy atom. The first-order chi connectivity index (χ1) is 13.1. The second kappa shape index (κ2) is 8.38. The fraction of sp³-hybridized carbons (Fsp3) is 0.0526. The van der Waals surface area contributed by atoms with E-state index < -0.39 is 17.5 Å².